The Bertz CT molecular complexity index is 902. The Morgan fingerprint density at radius 2 is 2.13 bits per heavy atom. The lowest BCUT2D eigenvalue weighted by atomic mass is 9.86. The zero-order chi connectivity index (χ0) is 16.8. The average molecular weight is 344 g/mol. The van der Waals surface area contributed by atoms with Crippen molar-refractivity contribution in [1.82, 2.24) is 9.38 Å². The second-order valence-corrected chi connectivity index (χ2v) is 8.42. The fraction of sp³-hybridized carbons (Fsp3) is 0.312. The van der Waals surface area contributed by atoms with Crippen molar-refractivity contribution in [2.45, 2.75) is 33.1 Å². The smallest absolute Gasteiger partial charge is 0.276 e. The SMILES string of the molecule is Cc1cn2cc(C(=O)Nc3scc(C(C)(C)C)c3C#N)nc2s1. The first-order valence-electron chi connectivity index (χ1n) is 7.08. The summed E-state index contributed by atoms with van der Waals surface area (Å²) in [5, 5.41) is 14.8. The number of thiophene rings is 1. The van der Waals surface area contributed by atoms with Gasteiger partial charge in [0.05, 0.1) is 5.56 Å². The first-order valence-corrected chi connectivity index (χ1v) is 8.78. The predicted octanol–water partition coefficient (Wildman–Crippen LogP) is 4.19. The molecule has 0 unspecified atom stereocenters. The maximum Gasteiger partial charge on any atom is 0.276 e. The van der Waals surface area contributed by atoms with Crippen LogP contribution in [-0.4, -0.2) is 15.3 Å². The summed E-state index contributed by atoms with van der Waals surface area (Å²) in [6.07, 6.45) is 3.64. The Kier molecular flexibility index (Phi) is 3.74. The molecule has 3 heterocycles. The van der Waals surface area contributed by atoms with Crippen LogP contribution in [0.25, 0.3) is 4.96 Å². The van der Waals surface area contributed by atoms with Crippen molar-refractivity contribution >= 4 is 38.5 Å². The Morgan fingerprint density at radius 1 is 1.39 bits per heavy atom. The lowest BCUT2D eigenvalue weighted by molar-refractivity contribution is 0.102. The number of aryl methyl sites for hydroxylation is 1. The van der Waals surface area contributed by atoms with Crippen molar-refractivity contribution in [3.8, 4) is 6.07 Å². The molecular formula is C16H16N4OS2. The Labute approximate surface area is 142 Å². The number of aromatic nitrogens is 2. The van der Waals surface area contributed by atoms with Gasteiger partial charge in [-0.3, -0.25) is 9.20 Å². The molecule has 3 aromatic rings. The number of imidazole rings is 1. The van der Waals surface area contributed by atoms with Crippen molar-refractivity contribution in [2.75, 3.05) is 5.32 Å². The van der Waals surface area contributed by atoms with E-state index in [4.69, 9.17) is 0 Å². The van der Waals surface area contributed by atoms with Gasteiger partial charge < -0.3 is 5.32 Å². The summed E-state index contributed by atoms with van der Waals surface area (Å²) in [7, 11) is 0. The van der Waals surface area contributed by atoms with Crippen LogP contribution < -0.4 is 5.32 Å². The van der Waals surface area contributed by atoms with Crippen LogP contribution in [0.3, 0.4) is 0 Å². The quantitative estimate of drug-likeness (QED) is 0.758. The number of nitriles is 1. The summed E-state index contributed by atoms with van der Waals surface area (Å²) in [5.74, 6) is -0.294. The van der Waals surface area contributed by atoms with Crippen molar-refractivity contribution in [1.29, 1.82) is 5.26 Å². The normalized spacial score (nSPS) is 11.6. The minimum absolute atomic E-state index is 0.140. The van der Waals surface area contributed by atoms with Crippen LogP contribution in [0, 0.1) is 18.3 Å². The Hall–Kier alpha value is -2.17. The van der Waals surface area contributed by atoms with E-state index in [1.54, 1.807) is 6.20 Å². The fourth-order valence-corrected chi connectivity index (χ4v) is 4.24. The van der Waals surface area contributed by atoms with Gasteiger partial charge in [0.2, 0.25) is 0 Å². The second-order valence-electron chi connectivity index (χ2n) is 6.33. The molecule has 3 aromatic heterocycles. The molecule has 0 aliphatic rings. The summed E-state index contributed by atoms with van der Waals surface area (Å²) in [4.78, 5) is 18.7. The van der Waals surface area contributed by atoms with Crippen LogP contribution in [0.15, 0.2) is 17.8 Å². The minimum atomic E-state index is -0.294. The first kappa shape index (κ1) is 15.7. The van der Waals surface area contributed by atoms with Gasteiger partial charge in [0.15, 0.2) is 4.96 Å². The van der Waals surface area contributed by atoms with Gasteiger partial charge in [-0.1, -0.05) is 20.8 Å². The van der Waals surface area contributed by atoms with Crippen LogP contribution in [0.5, 0.6) is 0 Å². The van der Waals surface area contributed by atoms with Gasteiger partial charge in [-0.25, -0.2) is 4.98 Å². The third kappa shape index (κ3) is 2.87. The Morgan fingerprint density at radius 3 is 2.74 bits per heavy atom. The summed E-state index contributed by atoms with van der Waals surface area (Å²) in [5.41, 5.74) is 1.69. The number of hydrogen-bond donors (Lipinski definition) is 1. The Balaban J connectivity index is 1.89. The van der Waals surface area contributed by atoms with Crippen molar-refractivity contribution in [3.63, 3.8) is 0 Å². The molecule has 7 heteroatoms. The van der Waals surface area contributed by atoms with Crippen LogP contribution in [0.2, 0.25) is 0 Å². The molecule has 0 saturated carbocycles. The molecule has 0 aliphatic heterocycles. The maximum atomic E-state index is 12.4. The molecule has 0 radical (unpaired) electrons. The summed E-state index contributed by atoms with van der Waals surface area (Å²) in [6, 6.07) is 2.21. The number of anilines is 1. The van der Waals surface area contributed by atoms with Gasteiger partial charge in [-0.05, 0) is 23.3 Å². The van der Waals surface area contributed by atoms with Gasteiger partial charge in [0.1, 0.15) is 16.8 Å². The standard InChI is InChI=1S/C16H16N4OS2/c1-9-6-20-7-12(18-15(20)23-9)13(21)19-14-10(5-17)11(8-22-14)16(2,3)4/h6-8H,1-4H3,(H,19,21). The highest BCUT2D eigenvalue weighted by atomic mass is 32.1. The molecule has 0 spiro atoms. The van der Waals surface area contributed by atoms with Crippen molar-refractivity contribution in [3.05, 3.63) is 39.5 Å². The highest BCUT2D eigenvalue weighted by molar-refractivity contribution is 7.17. The van der Waals surface area contributed by atoms with Crippen molar-refractivity contribution in [2.24, 2.45) is 0 Å². The van der Waals surface area contributed by atoms with E-state index in [1.165, 1.54) is 22.7 Å². The second kappa shape index (κ2) is 5.48. The molecule has 0 saturated heterocycles. The lowest BCUT2D eigenvalue weighted by Gasteiger charge is -2.17. The first-order chi connectivity index (χ1) is 10.8. The van der Waals surface area contributed by atoms with Crippen LogP contribution in [0.1, 0.15) is 47.3 Å². The summed E-state index contributed by atoms with van der Waals surface area (Å²) >= 11 is 2.91. The van der Waals surface area contributed by atoms with Gasteiger partial charge in [-0.15, -0.1) is 22.7 Å². The lowest BCUT2D eigenvalue weighted by Crippen LogP contribution is -2.14. The summed E-state index contributed by atoms with van der Waals surface area (Å²) in [6.45, 7) is 8.14. The van der Waals surface area contributed by atoms with E-state index in [0.29, 0.717) is 16.3 Å². The molecule has 0 aromatic carbocycles. The van der Waals surface area contributed by atoms with Gasteiger partial charge in [-0.2, -0.15) is 5.26 Å². The summed E-state index contributed by atoms with van der Waals surface area (Å²) < 4.78 is 1.84. The van der Waals surface area contributed by atoms with E-state index in [9.17, 15) is 10.1 Å². The van der Waals surface area contributed by atoms with E-state index in [2.05, 4.69) is 16.4 Å². The van der Waals surface area contributed by atoms with E-state index in [-0.39, 0.29) is 11.3 Å². The molecule has 0 bridgehead atoms. The third-order valence-corrected chi connectivity index (χ3v) is 5.25. The molecule has 5 nitrogen and oxygen atoms in total. The molecule has 0 aliphatic carbocycles. The fourth-order valence-electron chi connectivity index (χ4n) is 2.30. The highest BCUT2D eigenvalue weighted by Gasteiger charge is 2.24. The van der Waals surface area contributed by atoms with E-state index in [1.807, 2.05) is 43.7 Å². The number of amides is 1. The third-order valence-electron chi connectivity index (χ3n) is 3.44. The van der Waals surface area contributed by atoms with E-state index >= 15 is 0 Å². The van der Waals surface area contributed by atoms with Crippen molar-refractivity contribution < 1.29 is 4.79 Å². The number of rotatable bonds is 2. The number of fused-ring (bicyclic) bond motifs is 1. The van der Waals surface area contributed by atoms with E-state index in [0.717, 1.165) is 15.4 Å². The molecule has 1 N–H and O–H groups in total. The molecule has 0 atom stereocenters. The van der Waals surface area contributed by atoms with Gasteiger partial charge in [0, 0.05) is 17.3 Å². The monoisotopic (exact) mass is 344 g/mol. The van der Waals surface area contributed by atoms with E-state index < -0.39 is 0 Å². The molecule has 23 heavy (non-hydrogen) atoms. The number of carbonyl (C=O) groups excluding carboxylic acids is 1. The van der Waals surface area contributed by atoms with Crippen LogP contribution in [-0.2, 0) is 5.41 Å². The average Bonchev–Trinajstić information content (AvgIpc) is 3.09. The topological polar surface area (TPSA) is 70.2 Å². The molecule has 0 fully saturated rings. The van der Waals surface area contributed by atoms with Crippen LogP contribution >= 0.6 is 22.7 Å². The molecule has 118 valence electrons. The highest BCUT2D eigenvalue weighted by Crippen LogP contribution is 2.35. The number of thiazole rings is 1. The number of nitrogens with one attached hydrogen (secondary N) is 1. The molecule has 1 amide bonds. The minimum Gasteiger partial charge on any atom is -0.311 e. The zero-order valence-electron chi connectivity index (χ0n) is 13.3. The van der Waals surface area contributed by atoms with Crippen LogP contribution in [0.4, 0.5) is 5.00 Å². The largest absolute Gasteiger partial charge is 0.311 e. The number of carbonyl (C=O) groups is 1. The number of nitrogens with zero attached hydrogens (tertiary/aromatic N) is 3. The van der Waals surface area contributed by atoms with Gasteiger partial charge in [0.25, 0.3) is 5.91 Å². The number of hydrogen-bond acceptors (Lipinski definition) is 5. The predicted molar refractivity (Wildman–Crippen MR) is 93.5 cm³/mol. The van der Waals surface area contributed by atoms with Gasteiger partial charge >= 0.3 is 0 Å². The zero-order valence-corrected chi connectivity index (χ0v) is 14.9. The molecule has 3 rings (SSSR count). The molecular weight excluding hydrogens is 328 g/mol. The maximum absolute atomic E-state index is 12.4.